The fraction of sp³-hybridized carbons (Fsp3) is 0.143. The predicted molar refractivity (Wildman–Crippen MR) is 71.2 cm³/mol. The van der Waals surface area contributed by atoms with E-state index in [-0.39, 0.29) is 10.2 Å². The van der Waals surface area contributed by atoms with Crippen LogP contribution < -0.4 is 4.74 Å². The summed E-state index contributed by atoms with van der Waals surface area (Å²) in [6.07, 6.45) is -0.808. The van der Waals surface area contributed by atoms with E-state index in [1.165, 1.54) is 13.2 Å². The lowest BCUT2D eigenvalue weighted by Gasteiger charge is -2.14. The molecule has 1 atom stereocenters. The van der Waals surface area contributed by atoms with Crippen molar-refractivity contribution < 1.29 is 14.2 Å². The number of rotatable bonds is 3. The van der Waals surface area contributed by atoms with Gasteiger partial charge in [-0.1, -0.05) is 30.3 Å². The van der Waals surface area contributed by atoms with Crippen molar-refractivity contribution in [3.63, 3.8) is 0 Å². The Hall–Kier alpha value is -1.39. The summed E-state index contributed by atoms with van der Waals surface area (Å²) in [5, 5.41) is 10.2. The first-order valence-corrected chi connectivity index (χ1v) is 6.18. The number of benzene rings is 2. The van der Waals surface area contributed by atoms with Gasteiger partial charge >= 0.3 is 0 Å². The summed E-state index contributed by atoms with van der Waals surface area (Å²) in [6, 6.07) is 12.2. The number of aliphatic hydroxyl groups is 1. The minimum Gasteiger partial charge on any atom is -0.494 e. The fourth-order valence-corrected chi connectivity index (χ4v) is 2.18. The Morgan fingerprint density at radius 2 is 1.83 bits per heavy atom. The third kappa shape index (κ3) is 2.54. The van der Waals surface area contributed by atoms with Crippen LogP contribution in [0.1, 0.15) is 17.2 Å². The molecule has 0 aliphatic rings. The maximum atomic E-state index is 13.6. The van der Waals surface area contributed by atoms with E-state index in [9.17, 15) is 9.50 Å². The van der Waals surface area contributed by atoms with Gasteiger partial charge in [0.1, 0.15) is 6.10 Å². The van der Waals surface area contributed by atoms with Crippen molar-refractivity contribution in [1.29, 1.82) is 0 Å². The van der Waals surface area contributed by atoms with E-state index in [0.717, 1.165) is 5.56 Å². The number of methoxy groups -OCH3 is 1. The smallest absolute Gasteiger partial charge is 0.179 e. The van der Waals surface area contributed by atoms with Gasteiger partial charge in [-0.2, -0.15) is 0 Å². The van der Waals surface area contributed by atoms with Gasteiger partial charge in [-0.25, -0.2) is 4.39 Å². The van der Waals surface area contributed by atoms with E-state index in [1.807, 2.05) is 30.3 Å². The van der Waals surface area contributed by atoms with E-state index in [0.29, 0.717) is 5.56 Å². The number of aliphatic hydroxyl groups excluding tert-OH is 1. The Morgan fingerprint density at radius 3 is 2.44 bits per heavy atom. The molecule has 0 heterocycles. The first-order valence-electron chi connectivity index (χ1n) is 5.39. The van der Waals surface area contributed by atoms with Crippen LogP contribution >= 0.6 is 15.9 Å². The molecule has 0 radical (unpaired) electrons. The van der Waals surface area contributed by atoms with Gasteiger partial charge in [0.2, 0.25) is 0 Å². The molecule has 94 valence electrons. The molecule has 2 nitrogen and oxygen atoms in total. The zero-order valence-electron chi connectivity index (χ0n) is 9.73. The number of halogens is 2. The summed E-state index contributed by atoms with van der Waals surface area (Å²) in [5.74, 6) is -0.365. The standard InChI is InChI=1S/C14H12BrFO2/c1-18-12-8-10(7-11(15)13(12)16)14(17)9-5-3-2-4-6-9/h2-8,14,17H,1H3. The van der Waals surface area contributed by atoms with Crippen molar-refractivity contribution in [2.24, 2.45) is 0 Å². The quantitative estimate of drug-likeness (QED) is 0.937. The van der Waals surface area contributed by atoms with Crippen molar-refractivity contribution in [3.8, 4) is 5.75 Å². The Kier molecular flexibility index (Phi) is 3.99. The van der Waals surface area contributed by atoms with Crippen molar-refractivity contribution >= 4 is 15.9 Å². The van der Waals surface area contributed by atoms with E-state index in [1.54, 1.807) is 6.07 Å². The molecule has 0 saturated heterocycles. The van der Waals surface area contributed by atoms with Crippen molar-refractivity contribution in [2.75, 3.05) is 7.11 Å². The highest BCUT2D eigenvalue weighted by Crippen LogP contribution is 2.31. The molecule has 2 aromatic rings. The average molecular weight is 311 g/mol. The van der Waals surface area contributed by atoms with Crippen LogP contribution in [0.3, 0.4) is 0 Å². The second-order valence-electron chi connectivity index (χ2n) is 3.83. The number of hydrogen-bond donors (Lipinski definition) is 1. The van der Waals surface area contributed by atoms with Crippen LogP contribution in [0.25, 0.3) is 0 Å². The van der Waals surface area contributed by atoms with E-state index < -0.39 is 11.9 Å². The monoisotopic (exact) mass is 310 g/mol. The Labute approximate surface area is 113 Å². The first kappa shape index (κ1) is 13.1. The van der Waals surface area contributed by atoms with Crippen LogP contribution in [0.5, 0.6) is 5.75 Å². The van der Waals surface area contributed by atoms with Gasteiger partial charge in [0.15, 0.2) is 11.6 Å². The van der Waals surface area contributed by atoms with Gasteiger partial charge in [-0.05, 0) is 39.2 Å². The lowest BCUT2D eigenvalue weighted by atomic mass is 10.0. The third-order valence-corrected chi connectivity index (χ3v) is 3.25. The maximum absolute atomic E-state index is 13.6. The molecule has 0 aliphatic carbocycles. The van der Waals surface area contributed by atoms with Gasteiger partial charge in [0.05, 0.1) is 11.6 Å². The molecular weight excluding hydrogens is 299 g/mol. The molecule has 18 heavy (non-hydrogen) atoms. The highest BCUT2D eigenvalue weighted by atomic mass is 79.9. The van der Waals surface area contributed by atoms with Crippen molar-refractivity contribution in [2.45, 2.75) is 6.10 Å². The van der Waals surface area contributed by atoms with Crippen molar-refractivity contribution in [1.82, 2.24) is 0 Å². The van der Waals surface area contributed by atoms with E-state index in [2.05, 4.69) is 15.9 Å². The summed E-state index contributed by atoms with van der Waals surface area (Å²) >= 11 is 3.11. The van der Waals surface area contributed by atoms with Crippen LogP contribution in [0.2, 0.25) is 0 Å². The van der Waals surface area contributed by atoms with Crippen LogP contribution in [0.15, 0.2) is 46.9 Å². The van der Waals surface area contributed by atoms with E-state index >= 15 is 0 Å². The molecule has 0 saturated carbocycles. The van der Waals surface area contributed by atoms with Gasteiger partial charge < -0.3 is 9.84 Å². The second kappa shape index (κ2) is 5.50. The fourth-order valence-electron chi connectivity index (χ4n) is 1.72. The molecule has 0 aromatic heterocycles. The largest absolute Gasteiger partial charge is 0.494 e. The maximum Gasteiger partial charge on any atom is 0.179 e. The summed E-state index contributed by atoms with van der Waals surface area (Å²) < 4.78 is 18.8. The average Bonchev–Trinajstić information content (AvgIpc) is 2.42. The second-order valence-corrected chi connectivity index (χ2v) is 4.69. The topological polar surface area (TPSA) is 29.5 Å². The normalized spacial score (nSPS) is 12.2. The zero-order valence-corrected chi connectivity index (χ0v) is 11.3. The minimum absolute atomic E-state index is 0.106. The first-order chi connectivity index (χ1) is 8.63. The Morgan fingerprint density at radius 1 is 1.17 bits per heavy atom. The van der Waals surface area contributed by atoms with Crippen LogP contribution in [-0.4, -0.2) is 12.2 Å². The van der Waals surface area contributed by atoms with Crippen molar-refractivity contribution in [3.05, 3.63) is 63.9 Å². The highest BCUT2D eigenvalue weighted by molar-refractivity contribution is 9.10. The van der Waals surface area contributed by atoms with Gasteiger partial charge in [0, 0.05) is 0 Å². The predicted octanol–water partition coefficient (Wildman–Crippen LogP) is 3.68. The molecule has 0 fully saturated rings. The van der Waals surface area contributed by atoms with Crippen LogP contribution in [0, 0.1) is 5.82 Å². The zero-order chi connectivity index (χ0) is 13.1. The SMILES string of the molecule is COc1cc(C(O)c2ccccc2)cc(Br)c1F. The molecule has 1 N–H and O–H groups in total. The number of ether oxygens (including phenoxy) is 1. The molecule has 0 spiro atoms. The molecule has 0 aliphatic heterocycles. The van der Waals surface area contributed by atoms with Gasteiger partial charge in [0.25, 0.3) is 0 Å². The molecule has 0 bridgehead atoms. The summed E-state index contributed by atoms with van der Waals surface area (Å²) in [6.45, 7) is 0. The molecule has 1 unspecified atom stereocenters. The Bertz CT molecular complexity index is 543. The van der Waals surface area contributed by atoms with Crippen LogP contribution in [-0.2, 0) is 0 Å². The molecule has 2 aromatic carbocycles. The highest BCUT2D eigenvalue weighted by Gasteiger charge is 2.15. The van der Waals surface area contributed by atoms with Gasteiger partial charge in [-0.3, -0.25) is 0 Å². The lowest BCUT2D eigenvalue weighted by molar-refractivity contribution is 0.219. The summed E-state index contributed by atoms with van der Waals surface area (Å²) in [5.41, 5.74) is 1.32. The molecular formula is C14H12BrFO2. The summed E-state index contributed by atoms with van der Waals surface area (Å²) in [7, 11) is 1.39. The molecule has 2 rings (SSSR count). The minimum atomic E-state index is -0.808. The van der Waals surface area contributed by atoms with Gasteiger partial charge in [-0.15, -0.1) is 0 Å². The number of hydrogen-bond acceptors (Lipinski definition) is 2. The van der Waals surface area contributed by atoms with E-state index in [4.69, 9.17) is 4.74 Å². The van der Waals surface area contributed by atoms with Crippen LogP contribution in [0.4, 0.5) is 4.39 Å². The Balaban J connectivity index is 2.43. The lowest BCUT2D eigenvalue weighted by Crippen LogP contribution is -2.01. The molecule has 0 amide bonds. The summed E-state index contributed by atoms with van der Waals surface area (Å²) in [4.78, 5) is 0. The third-order valence-electron chi connectivity index (χ3n) is 2.67. The molecule has 4 heteroatoms.